The molecule has 0 unspecified atom stereocenters. The molecule has 0 saturated heterocycles. The van der Waals surface area contributed by atoms with Crippen LogP contribution in [0.4, 0.5) is 0 Å². The van der Waals surface area contributed by atoms with E-state index >= 15 is 0 Å². The standard InChI is InChI=1S/2C18H17.2CH3.2ClH.Si.Zr/c1-12-9-16-14(3)13(2)11-17(18(16)10-12)15-7-5-4-6-8-15;1-13(2)16-11-15-9-6-10-17(18(15)12-16)14-7-4-3-5-8-14;;;;;;/h4-11H,1-3H3;3-13H,1-2H3;2*1H3;2*1H;;/q4*-1;;;;. The Labute approximate surface area is 283 Å². The molecule has 0 fully saturated rings. The van der Waals surface area contributed by atoms with Crippen LogP contribution in [0.2, 0.25) is 0 Å². The summed E-state index contributed by atoms with van der Waals surface area (Å²) in [6.45, 7) is 14.1. The zero-order valence-electron chi connectivity index (χ0n) is 25.8. The molecule has 0 amide bonds. The number of fused-ring (bicyclic) bond motifs is 2. The first-order valence-corrected chi connectivity index (χ1v) is 17.3. The van der Waals surface area contributed by atoms with Crippen molar-refractivity contribution in [2.24, 2.45) is 0 Å². The van der Waals surface area contributed by atoms with Crippen LogP contribution in [-0.2, 0) is 23.3 Å². The third kappa shape index (κ3) is 8.90. The molecule has 0 aliphatic heterocycles. The molecule has 220 valence electrons. The topological polar surface area (TPSA) is 0 Å². The molecule has 6 aromatic carbocycles. The van der Waals surface area contributed by atoms with Gasteiger partial charge >= 0.3 is 30.2 Å². The summed E-state index contributed by atoms with van der Waals surface area (Å²) in [6, 6.07) is 39.4. The maximum atomic E-state index is 3.06. The van der Waals surface area contributed by atoms with E-state index in [9.17, 15) is 0 Å². The molecule has 2 radical (unpaired) electrons. The first-order valence-electron chi connectivity index (χ1n) is 13.1. The van der Waals surface area contributed by atoms with Gasteiger partial charge in [0.05, 0.1) is 0 Å². The molecule has 6 rings (SSSR count). The van der Waals surface area contributed by atoms with E-state index in [1.54, 1.807) is 0 Å². The fourth-order valence-corrected chi connectivity index (χ4v) is 5.12. The maximum absolute atomic E-state index is 3.06. The number of benzene rings is 4. The first kappa shape index (κ1) is 39.8. The van der Waals surface area contributed by atoms with Gasteiger partial charge < -0.3 is 14.9 Å². The van der Waals surface area contributed by atoms with E-state index in [0.717, 1.165) is 0 Å². The van der Waals surface area contributed by atoms with Crippen LogP contribution in [0.3, 0.4) is 0 Å². The van der Waals surface area contributed by atoms with Crippen molar-refractivity contribution in [3.63, 3.8) is 0 Å². The van der Waals surface area contributed by atoms with E-state index in [1.807, 2.05) is 0 Å². The Morgan fingerprint density at radius 1 is 0.619 bits per heavy atom. The molecule has 0 saturated carbocycles. The van der Waals surface area contributed by atoms with Crippen LogP contribution >= 0.6 is 24.8 Å². The molecule has 0 aliphatic carbocycles. The van der Waals surface area contributed by atoms with Gasteiger partial charge in [-0.25, -0.2) is 0 Å². The van der Waals surface area contributed by atoms with Crippen molar-refractivity contribution in [2.45, 2.75) is 40.5 Å². The average molecular weight is 689 g/mol. The third-order valence-corrected chi connectivity index (χ3v) is 7.29. The van der Waals surface area contributed by atoms with Crippen molar-refractivity contribution in [1.29, 1.82) is 0 Å². The molecule has 0 N–H and O–H groups in total. The zero-order chi connectivity index (χ0) is 27.2. The van der Waals surface area contributed by atoms with Gasteiger partial charge in [0.25, 0.3) is 0 Å². The van der Waals surface area contributed by atoms with Crippen molar-refractivity contribution in [3.8, 4) is 22.3 Å². The van der Waals surface area contributed by atoms with E-state index in [2.05, 4.69) is 151 Å². The molecule has 42 heavy (non-hydrogen) atoms. The first-order chi connectivity index (χ1) is 18.4. The van der Waals surface area contributed by atoms with Crippen LogP contribution in [0.25, 0.3) is 43.8 Å². The molecular formula is C38H42Cl2SiZr-4. The van der Waals surface area contributed by atoms with Crippen molar-refractivity contribution in [2.75, 3.05) is 0 Å². The summed E-state index contributed by atoms with van der Waals surface area (Å²) in [6.07, 6.45) is 0. The van der Waals surface area contributed by atoms with E-state index in [-0.39, 0.29) is 39.7 Å². The summed E-state index contributed by atoms with van der Waals surface area (Å²) in [7, 11) is 0. The Morgan fingerprint density at radius 3 is 1.71 bits per heavy atom. The Morgan fingerprint density at radius 2 is 1.17 bits per heavy atom. The predicted octanol–water partition coefficient (Wildman–Crippen LogP) is 11.9. The Bertz CT molecular complexity index is 1650. The summed E-state index contributed by atoms with van der Waals surface area (Å²) in [5, 5.41) is 5.49. The van der Waals surface area contributed by atoms with Gasteiger partial charge in [0.2, 0.25) is 0 Å². The molecule has 6 aromatic rings. The second-order valence-corrected chi connectivity index (χ2v) is 10.2. The average Bonchev–Trinajstić information content (AvgIpc) is 3.57. The Balaban J connectivity index is 0.000000694. The van der Waals surface area contributed by atoms with Gasteiger partial charge in [-0.2, -0.15) is 12.1 Å². The van der Waals surface area contributed by atoms with E-state index in [0.29, 0.717) is 5.92 Å². The van der Waals surface area contributed by atoms with Crippen LogP contribution in [-0.4, -0.2) is 6.88 Å². The van der Waals surface area contributed by atoms with Gasteiger partial charge in [0.15, 0.2) is 0 Å². The monoisotopic (exact) mass is 686 g/mol. The summed E-state index contributed by atoms with van der Waals surface area (Å²) in [5.41, 5.74) is 10.8. The molecule has 0 atom stereocenters. The molecule has 0 bridgehead atoms. The van der Waals surface area contributed by atoms with Gasteiger partial charge in [-0.3, -0.25) is 0 Å². The second-order valence-electron chi connectivity index (χ2n) is 10.2. The zero-order valence-corrected chi connectivity index (χ0v) is 30.9. The van der Waals surface area contributed by atoms with E-state index < -0.39 is 0 Å². The van der Waals surface area contributed by atoms with Crippen molar-refractivity contribution < 1.29 is 23.3 Å². The number of hydrogen-bond donors (Lipinski definition) is 0. The van der Waals surface area contributed by atoms with E-state index in [4.69, 9.17) is 0 Å². The van der Waals surface area contributed by atoms with Crippen LogP contribution in [0.1, 0.15) is 42.0 Å². The third-order valence-electron chi connectivity index (χ3n) is 7.29. The minimum atomic E-state index is 0. The summed E-state index contributed by atoms with van der Waals surface area (Å²) < 4.78 is 0. The number of halogens is 2. The minimum absolute atomic E-state index is 0. The predicted molar refractivity (Wildman–Crippen MR) is 191 cm³/mol. The Hall–Kier alpha value is -2.22. The summed E-state index contributed by atoms with van der Waals surface area (Å²) in [4.78, 5) is 0. The van der Waals surface area contributed by atoms with Crippen LogP contribution < -0.4 is 0 Å². The Kier molecular flexibility index (Phi) is 17.5. The van der Waals surface area contributed by atoms with Crippen molar-refractivity contribution >= 4 is 53.2 Å². The number of hydrogen-bond acceptors (Lipinski definition) is 0. The molecule has 0 aliphatic rings. The van der Waals surface area contributed by atoms with E-state index in [1.165, 1.54) is 89.4 Å². The molecule has 0 nitrogen and oxygen atoms in total. The van der Waals surface area contributed by atoms with Crippen molar-refractivity contribution in [3.05, 3.63) is 146 Å². The van der Waals surface area contributed by atoms with Crippen molar-refractivity contribution in [1.82, 2.24) is 0 Å². The second kappa shape index (κ2) is 18.4. The molecule has 0 heterocycles. The SMILES string of the molecule is CC(C)c1cc2c(-c3ccccc3)cccc2[cH-]1.Cc1cc2c(-c3ccccc3)cc(C)c(C)c2[cH-]1.Cl.Cl.[CH3-].[CH3-].[Si]=[Zr]. The van der Waals surface area contributed by atoms with Crippen LogP contribution in [0.15, 0.2) is 109 Å². The quantitative estimate of drug-likeness (QED) is 0.128. The number of aryl methyl sites for hydroxylation is 3. The summed E-state index contributed by atoms with van der Waals surface area (Å²) in [5.74, 6) is 0.584. The van der Waals surface area contributed by atoms with Gasteiger partial charge in [0.1, 0.15) is 0 Å². The van der Waals surface area contributed by atoms with Gasteiger partial charge in [-0.1, -0.05) is 117 Å². The normalized spacial score (nSPS) is 9.64. The van der Waals surface area contributed by atoms with Gasteiger partial charge in [-0.15, -0.1) is 87.3 Å². The fraction of sp³-hybridized carbons (Fsp3) is 0.158. The molecule has 4 heteroatoms. The molecule has 0 aromatic heterocycles. The fourth-order valence-electron chi connectivity index (χ4n) is 5.12. The van der Waals surface area contributed by atoms with Crippen LogP contribution in [0, 0.1) is 35.6 Å². The molecular weight excluding hydrogens is 647 g/mol. The number of rotatable bonds is 3. The van der Waals surface area contributed by atoms with Gasteiger partial charge in [-0.05, 0) is 24.0 Å². The molecule has 0 spiro atoms. The van der Waals surface area contributed by atoms with Gasteiger partial charge in [0, 0.05) is 0 Å². The summed E-state index contributed by atoms with van der Waals surface area (Å²) >= 11 is 1.36. The van der Waals surface area contributed by atoms with Crippen LogP contribution in [0.5, 0.6) is 0 Å².